The van der Waals surface area contributed by atoms with E-state index < -0.39 is 10.0 Å². The number of anilines is 1. The Balaban J connectivity index is 1.81. The lowest BCUT2D eigenvalue weighted by atomic mass is 9.87. The van der Waals surface area contributed by atoms with Crippen molar-refractivity contribution in [3.63, 3.8) is 0 Å². The van der Waals surface area contributed by atoms with E-state index in [-0.39, 0.29) is 15.5 Å². The maximum Gasteiger partial charge on any atom is 0.261 e. The molecule has 3 rings (SSSR count). The van der Waals surface area contributed by atoms with Crippen LogP contribution in [0.15, 0.2) is 59.8 Å². The SMILES string of the molecule is CC(C)(C)c1ccc(S(=O)(=O)Nc2ccc(-n3cnc(Cl)c3Cl)cc2)cc1. The molecule has 0 aliphatic carbocycles. The molecule has 1 heterocycles. The predicted octanol–water partition coefficient (Wildman–Crippen LogP) is 5.28. The average Bonchev–Trinajstić information content (AvgIpc) is 2.94. The molecular weight excluding hydrogens is 405 g/mol. The van der Waals surface area contributed by atoms with Gasteiger partial charge in [-0.2, -0.15) is 0 Å². The van der Waals surface area contributed by atoms with E-state index in [0.717, 1.165) is 11.3 Å². The molecule has 0 radical (unpaired) electrons. The van der Waals surface area contributed by atoms with Crippen molar-refractivity contribution in [1.82, 2.24) is 9.55 Å². The number of aromatic nitrogens is 2. The van der Waals surface area contributed by atoms with Gasteiger partial charge in [0.05, 0.1) is 4.90 Å². The summed E-state index contributed by atoms with van der Waals surface area (Å²) < 4.78 is 29.4. The maximum atomic E-state index is 12.6. The topological polar surface area (TPSA) is 64.0 Å². The fraction of sp³-hybridized carbons (Fsp3) is 0.211. The van der Waals surface area contributed by atoms with Crippen LogP contribution < -0.4 is 4.72 Å². The smallest absolute Gasteiger partial charge is 0.261 e. The molecule has 8 heteroatoms. The number of halogens is 2. The van der Waals surface area contributed by atoms with Gasteiger partial charge in [-0.05, 0) is 47.4 Å². The summed E-state index contributed by atoms with van der Waals surface area (Å²) in [6, 6.07) is 13.7. The molecule has 142 valence electrons. The zero-order valence-corrected chi connectivity index (χ0v) is 17.4. The van der Waals surface area contributed by atoms with Crippen LogP contribution >= 0.6 is 23.2 Å². The normalized spacial score (nSPS) is 12.2. The molecule has 3 aromatic rings. The standard InChI is InChI=1S/C19H19Cl2N3O2S/c1-19(2,3)13-4-10-16(11-5-13)27(25,26)23-14-6-8-15(9-7-14)24-12-22-17(20)18(24)21/h4-12,23H,1-3H3. The Hall–Kier alpha value is -2.02. The maximum absolute atomic E-state index is 12.6. The van der Waals surface area contributed by atoms with Gasteiger partial charge in [0.2, 0.25) is 0 Å². The van der Waals surface area contributed by atoms with E-state index in [9.17, 15) is 8.42 Å². The van der Waals surface area contributed by atoms with Crippen LogP contribution in [-0.4, -0.2) is 18.0 Å². The van der Waals surface area contributed by atoms with Gasteiger partial charge >= 0.3 is 0 Å². The first-order valence-corrected chi connectivity index (χ1v) is 10.4. The third kappa shape index (κ3) is 4.29. The molecule has 0 amide bonds. The Morgan fingerprint density at radius 1 is 0.963 bits per heavy atom. The van der Waals surface area contributed by atoms with Crippen LogP contribution in [-0.2, 0) is 15.4 Å². The second-order valence-electron chi connectivity index (χ2n) is 7.12. The molecule has 0 aliphatic heterocycles. The number of imidazole rings is 1. The van der Waals surface area contributed by atoms with E-state index in [1.807, 2.05) is 12.1 Å². The molecule has 0 unspecified atom stereocenters. The number of hydrogen-bond acceptors (Lipinski definition) is 3. The molecule has 0 saturated heterocycles. The van der Waals surface area contributed by atoms with Gasteiger partial charge in [0, 0.05) is 11.4 Å². The number of nitrogens with zero attached hydrogens (tertiary/aromatic N) is 2. The Kier molecular flexibility index (Phi) is 5.25. The highest BCUT2D eigenvalue weighted by Gasteiger charge is 2.18. The summed E-state index contributed by atoms with van der Waals surface area (Å²) in [5, 5.41) is 0.504. The minimum atomic E-state index is -3.67. The molecule has 0 fully saturated rings. The minimum absolute atomic E-state index is 0.0386. The lowest BCUT2D eigenvalue weighted by molar-refractivity contribution is 0.587. The third-order valence-electron chi connectivity index (χ3n) is 4.10. The fourth-order valence-electron chi connectivity index (χ4n) is 2.53. The molecule has 1 aromatic heterocycles. The molecule has 27 heavy (non-hydrogen) atoms. The first-order chi connectivity index (χ1) is 12.6. The molecule has 0 bridgehead atoms. The van der Waals surface area contributed by atoms with E-state index in [1.165, 1.54) is 6.33 Å². The van der Waals surface area contributed by atoms with Crippen LogP contribution in [0.5, 0.6) is 0 Å². The van der Waals surface area contributed by atoms with Gasteiger partial charge in [0.15, 0.2) is 10.3 Å². The third-order valence-corrected chi connectivity index (χ3v) is 6.23. The Labute approximate surface area is 169 Å². The van der Waals surface area contributed by atoms with Gasteiger partial charge in [0.1, 0.15) is 6.33 Å². The highest BCUT2D eigenvalue weighted by Crippen LogP contribution is 2.26. The molecule has 2 aromatic carbocycles. The van der Waals surface area contributed by atoms with E-state index in [1.54, 1.807) is 41.0 Å². The number of hydrogen-bond donors (Lipinski definition) is 1. The van der Waals surface area contributed by atoms with Gasteiger partial charge in [-0.25, -0.2) is 13.4 Å². The first kappa shape index (κ1) is 19.7. The van der Waals surface area contributed by atoms with Crippen molar-refractivity contribution >= 4 is 38.9 Å². The first-order valence-electron chi connectivity index (χ1n) is 8.20. The van der Waals surface area contributed by atoms with Gasteiger partial charge in [-0.1, -0.05) is 56.1 Å². The average molecular weight is 424 g/mol. The monoisotopic (exact) mass is 423 g/mol. The van der Waals surface area contributed by atoms with Crippen molar-refractivity contribution < 1.29 is 8.42 Å². The lowest BCUT2D eigenvalue weighted by Gasteiger charge is -2.19. The summed E-state index contributed by atoms with van der Waals surface area (Å²) in [5.74, 6) is 0. The summed E-state index contributed by atoms with van der Waals surface area (Å²) in [7, 11) is -3.67. The minimum Gasteiger partial charge on any atom is -0.288 e. The van der Waals surface area contributed by atoms with E-state index in [4.69, 9.17) is 23.2 Å². The largest absolute Gasteiger partial charge is 0.288 e. The summed E-state index contributed by atoms with van der Waals surface area (Å²) >= 11 is 11.9. The highest BCUT2D eigenvalue weighted by atomic mass is 35.5. The van der Waals surface area contributed by atoms with Crippen LogP contribution in [0, 0.1) is 0 Å². The highest BCUT2D eigenvalue weighted by molar-refractivity contribution is 7.92. The Bertz CT molecular complexity index is 1050. The van der Waals surface area contributed by atoms with Crippen molar-refractivity contribution in [2.75, 3.05) is 4.72 Å². The molecule has 0 aliphatic rings. The summed E-state index contributed by atoms with van der Waals surface area (Å²) in [5.41, 5.74) is 2.20. The zero-order chi connectivity index (χ0) is 19.8. The molecule has 0 atom stereocenters. The molecule has 5 nitrogen and oxygen atoms in total. The van der Waals surface area contributed by atoms with E-state index in [0.29, 0.717) is 10.8 Å². The van der Waals surface area contributed by atoms with Crippen molar-refractivity contribution in [3.05, 3.63) is 70.7 Å². The van der Waals surface area contributed by atoms with Gasteiger partial charge in [-0.3, -0.25) is 9.29 Å². The second kappa shape index (κ2) is 7.19. The number of sulfonamides is 1. The number of benzene rings is 2. The quantitative estimate of drug-likeness (QED) is 0.620. The molecule has 0 saturated carbocycles. The second-order valence-corrected chi connectivity index (χ2v) is 9.52. The van der Waals surface area contributed by atoms with E-state index in [2.05, 4.69) is 30.5 Å². The Morgan fingerprint density at radius 2 is 1.56 bits per heavy atom. The molecular formula is C19H19Cl2N3O2S. The van der Waals surface area contributed by atoms with Crippen LogP contribution in [0.25, 0.3) is 5.69 Å². The van der Waals surface area contributed by atoms with Crippen molar-refractivity contribution in [2.45, 2.75) is 31.1 Å². The van der Waals surface area contributed by atoms with Crippen molar-refractivity contribution in [2.24, 2.45) is 0 Å². The lowest BCUT2D eigenvalue weighted by Crippen LogP contribution is -2.15. The summed E-state index contributed by atoms with van der Waals surface area (Å²) in [6.07, 6.45) is 1.50. The molecule has 1 N–H and O–H groups in total. The van der Waals surface area contributed by atoms with Crippen molar-refractivity contribution in [3.8, 4) is 5.69 Å². The van der Waals surface area contributed by atoms with E-state index >= 15 is 0 Å². The zero-order valence-electron chi connectivity index (χ0n) is 15.1. The molecule has 0 spiro atoms. The van der Waals surface area contributed by atoms with Crippen LogP contribution in [0.1, 0.15) is 26.3 Å². The van der Waals surface area contributed by atoms with Crippen LogP contribution in [0.2, 0.25) is 10.3 Å². The van der Waals surface area contributed by atoms with Crippen LogP contribution in [0.3, 0.4) is 0 Å². The summed E-state index contributed by atoms with van der Waals surface area (Å²) in [4.78, 5) is 4.14. The van der Waals surface area contributed by atoms with Crippen LogP contribution in [0.4, 0.5) is 5.69 Å². The van der Waals surface area contributed by atoms with Gasteiger partial charge in [-0.15, -0.1) is 0 Å². The predicted molar refractivity (Wildman–Crippen MR) is 110 cm³/mol. The van der Waals surface area contributed by atoms with Gasteiger partial charge < -0.3 is 0 Å². The number of rotatable bonds is 4. The fourth-order valence-corrected chi connectivity index (χ4v) is 3.91. The van der Waals surface area contributed by atoms with Crippen molar-refractivity contribution in [1.29, 1.82) is 0 Å². The number of nitrogens with one attached hydrogen (secondary N) is 1. The Morgan fingerprint density at radius 3 is 2.04 bits per heavy atom. The van der Waals surface area contributed by atoms with Gasteiger partial charge in [0.25, 0.3) is 10.0 Å². The summed E-state index contributed by atoms with van der Waals surface area (Å²) in [6.45, 7) is 6.24.